The van der Waals surface area contributed by atoms with Gasteiger partial charge < -0.3 is 15.2 Å². The average Bonchev–Trinajstić information content (AvgIpc) is 2.59. The molecule has 0 saturated carbocycles. The van der Waals surface area contributed by atoms with E-state index in [2.05, 4.69) is 6.92 Å². The van der Waals surface area contributed by atoms with Crippen LogP contribution in [0.3, 0.4) is 0 Å². The monoisotopic (exact) mass is 219 g/mol. The summed E-state index contributed by atoms with van der Waals surface area (Å²) in [7, 11) is 0. The predicted octanol–water partition coefficient (Wildman–Crippen LogP) is 1.26. The topological polar surface area (TPSA) is 44.5 Å². The highest BCUT2D eigenvalue weighted by Gasteiger charge is 2.25. The van der Waals surface area contributed by atoms with Gasteiger partial charge in [0.15, 0.2) is 0 Å². The molecule has 1 fully saturated rings. The molecule has 2 N–H and O–H groups in total. The molecule has 0 aromatic heterocycles. The molecule has 3 nitrogen and oxygen atoms in total. The zero-order valence-corrected chi connectivity index (χ0v) is 9.89. The Morgan fingerprint density at radius 1 is 1.64 bits per heavy atom. The van der Waals surface area contributed by atoms with Crippen molar-refractivity contribution in [2.45, 2.75) is 37.7 Å². The van der Waals surface area contributed by atoms with Crippen molar-refractivity contribution in [3.05, 3.63) is 0 Å². The molecule has 1 rings (SSSR count). The highest BCUT2D eigenvalue weighted by Crippen LogP contribution is 2.26. The van der Waals surface area contributed by atoms with E-state index in [1.165, 1.54) is 0 Å². The first kappa shape index (κ1) is 12.3. The van der Waals surface area contributed by atoms with Crippen LogP contribution < -0.4 is 5.73 Å². The molecule has 4 heteroatoms. The summed E-state index contributed by atoms with van der Waals surface area (Å²) < 4.78 is 11.0. The van der Waals surface area contributed by atoms with Crippen molar-refractivity contribution in [1.29, 1.82) is 0 Å². The first-order valence-electron chi connectivity index (χ1n) is 5.32. The Kier molecular flexibility index (Phi) is 5.86. The molecule has 0 aromatic carbocycles. The molecule has 3 unspecified atom stereocenters. The minimum Gasteiger partial charge on any atom is -0.377 e. The van der Waals surface area contributed by atoms with Gasteiger partial charge in [0, 0.05) is 30.8 Å². The zero-order valence-electron chi connectivity index (χ0n) is 9.07. The molecule has 0 bridgehead atoms. The van der Waals surface area contributed by atoms with Crippen molar-refractivity contribution in [3.8, 4) is 0 Å². The molecule has 0 radical (unpaired) electrons. The lowest BCUT2D eigenvalue weighted by molar-refractivity contribution is 0.0856. The fraction of sp³-hybridized carbons (Fsp3) is 1.00. The normalized spacial score (nSPS) is 29.4. The Balaban J connectivity index is 2.17. The third-order valence-corrected chi connectivity index (χ3v) is 4.08. The van der Waals surface area contributed by atoms with Gasteiger partial charge in [-0.1, -0.05) is 0 Å². The van der Waals surface area contributed by atoms with Crippen LogP contribution in [0.4, 0.5) is 0 Å². The van der Waals surface area contributed by atoms with E-state index in [9.17, 15) is 0 Å². The summed E-state index contributed by atoms with van der Waals surface area (Å²) in [5.41, 5.74) is 5.61. The third-order valence-electron chi connectivity index (χ3n) is 2.47. The van der Waals surface area contributed by atoms with Crippen LogP contribution in [-0.2, 0) is 9.47 Å². The summed E-state index contributed by atoms with van der Waals surface area (Å²) in [6, 6.07) is 0. The highest BCUT2D eigenvalue weighted by molar-refractivity contribution is 8.00. The smallest absolute Gasteiger partial charge is 0.0787 e. The van der Waals surface area contributed by atoms with E-state index in [1.807, 2.05) is 18.7 Å². The van der Waals surface area contributed by atoms with Gasteiger partial charge in [-0.25, -0.2) is 0 Å². The zero-order chi connectivity index (χ0) is 10.4. The number of hydrogen-bond acceptors (Lipinski definition) is 4. The minimum absolute atomic E-state index is 0.206. The van der Waals surface area contributed by atoms with Crippen LogP contribution in [0.15, 0.2) is 0 Å². The van der Waals surface area contributed by atoms with Gasteiger partial charge in [-0.3, -0.25) is 0 Å². The van der Waals surface area contributed by atoms with E-state index in [-0.39, 0.29) is 6.10 Å². The van der Waals surface area contributed by atoms with E-state index in [0.29, 0.717) is 17.9 Å². The molecule has 1 saturated heterocycles. The lowest BCUT2D eigenvalue weighted by Gasteiger charge is -2.18. The molecular formula is C10H21NO2S. The van der Waals surface area contributed by atoms with Crippen molar-refractivity contribution in [2.75, 3.05) is 25.5 Å². The molecule has 0 amide bonds. The Morgan fingerprint density at radius 3 is 2.93 bits per heavy atom. The Hall–Kier alpha value is 0.230. The van der Waals surface area contributed by atoms with Gasteiger partial charge in [-0.05, 0) is 20.3 Å². The third kappa shape index (κ3) is 3.77. The van der Waals surface area contributed by atoms with E-state index in [4.69, 9.17) is 15.2 Å². The van der Waals surface area contributed by atoms with Crippen LogP contribution in [0.25, 0.3) is 0 Å². The highest BCUT2D eigenvalue weighted by atomic mass is 32.2. The van der Waals surface area contributed by atoms with E-state index >= 15 is 0 Å². The van der Waals surface area contributed by atoms with Crippen molar-refractivity contribution < 1.29 is 9.47 Å². The molecule has 1 aliphatic heterocycles. The Labute approximate surface area is 90.7 Å². The Morgan fingerprint density at radius 2 is 2.43 bits per heavy atom. The minimum atomic E-state index is 0.206. The van der Waals surface area contributed by atoms with Gasteiger partial charge in [0.1, 0.15) is 0 Å². The van der Waals surface area contributed by atoms with Gasteiger partial charge in [-0.2, -0.15) is 11.8 Å². The SMILES string of the molecule is CCOC(CN)CSC1CCOC1C. The van der Waals surface area contributed by atoms with Crippen LogP contribution in [-0.4, -0.2) is 43.0 Å². The first-order valence-corrected chi connectivity index (χ1v) is 6.37. The molecule has 0 aromatic rings. The summed E-state index contributed by atoms with van der Waals surface area (Å²) in [6.45, 7) is 6.42. The summed E-state index contributed by atoms with van der Waals surface area (Å²) in [6.07, 6.45) is 1.76. The molecular weight excluding hydrogens is 198 g/mol. The standard InChI is InChI=1S/C10H21NO2S/c1-3-12-9(6-11)7-14-10-4-5-13-8(10)2/h8-10H,3-7,11H2,1-2H3. The van der Waals surface area contributed by atoms with E-state index in [0.717, 1.165) is 25.4 Å². The lowest BCUT2D eigenvalue weighted by Crippen LogP contribution is -2.28. The molecule has 0 spiro atoms. The van der Waals surface area contributed by atoms with Gasteiger partial charge in [0.2, 0.25) is 0 Å². The second-order valence-corrected chi connectivity index (χ2v) is 4.82. The Bertz CT molecular complexity index is 157. The van der Waals surface area contributed by atoms with Gasteiger partial charge in [0.25, 0.3) is 0 Å². The number of nitrogens with two attached hydrogens (primary N) is 1. The molecule has 0 aliphatic carbocycles. The summed E-state index contributed by atoms with van der Waals surface area (Å²) in [5, 5.41) is 0.629. The largest absolute Gasteiger partial charge is 0.377 e. The second-order valence-electron chi connectivity index (χ2n) is 3.55. The van der Waals surface area contributed by atoms with Crippen LogP contribution in [0.2, 0.25) is 0 Å². The van der Waals surface area contributed by atoms with Crippen molar-refractivity contribution in [3.63, 3.8) is 0 Å². The van der Waals surface area contributed by atoms with Crippen LogP contribution >= 0.6 is 11.8 Å². The maximum absolute atomic E-state index is 5.61. The van der Waals surface area contributed by atoms with Crippen molar-refractivity contribution >= 4 is 11.8 Å². The fourth-order valence-corrected chi connectivity index (χ4v) is 2.89. The molecule has 3 atom stereocenters. The summed E-state index contributed by atoms with van der Waals surface area (Å²) >= 11 is 1.93. The molecule has 14 heavy (non-hydrogen) atoms. The maximum atomic E-state index is 5.61. The van der Waals surface area contributed by atoms with Crippen LogP contribution in [0, 0.1) is 0 Å². The second kappa shape index (κ2) is 6.67. The fourth-order valence-electron chi connectivity index (χ4n) is 1.58. The summed E-state index contributed by atoms with van der Waals surface area (Å²) in [4.78, 5) is 0. The number of ether oxygens (including phenoxy) is 2. The summed E-state index contributed by atoms with van der Waals surface area (Å²) in [5.74, 6) is 0.989. The van der Waals surface area contributed by atoms with Crippen LogP contribution in [0.1, 0.15) is 20.3 Å². The molecule has 1 aliphatic rings. The van der Waals surface area contributed by atoms with Gasteiger partial charge in [-0.15, -0.1) is 0 Å². The van der Waals surface area contributed by atoms with Crippen molar-refractivity contribution in [1.82, 2.24) is 0 Å². The molecule has 84 valence electrons. The predicted molar refractivity (Wildman–Crippen MR) is 60.7 cm³/mol. The van der Waals surface area contributed by atoms with Crippen LogP contribution in [0.5, 0.6) is 0 Å². The van der Waals surface area contributed by atoms with E-state index < -0.39 is 0 Å². The van der Waals surface area contributed by atoms with Crippen molar-refractivity contribution in [2.24, 2.45) is 5.73 Å². The molecule has 1 heterocycles. The lowest BCUT2D eigenvalue weighted by atomic mass is 10.3. The maximum Gasteiger partial charge on any atom is 0.0787 e. The van der Waals surface area contributed by atoms with Gasteiger partial charge >= 0.3 is 0 Å². The number of rotatable bonds is 6. The quantitative estimate of drug-likeness (QED) is 0.730. The number of thioether (sulfide) groups is 1. The number of hydrogen-bond donors (Lipinski definition) is 1. The average molecular weight is 219 g/mol. The van der Waals surface area contributed by atoms with Gasteiger partial charge in [0.05, 0.1) is 12.2 Å². The first-order chi connectivity index (χ1) is 6.77. The van der Waals surface area contributed by atoms with E-state index in [1.54, 1.807) is 0 Å².